The molecule has 2 aliphatic rings. The predicted molar refractivity (Wildman–Crippen MR) is 139 cm³/mol. The molecule has 2 aromatic carbocycles. The summed E-state index contributed by atoms with van der Waals surface area (Å²) in [5.41, 5.74) is 1.66. The Bertz CT molecular complexity index is 1270. The smallest absolute Gasteiger partial charge is 0.371 e. The first-order valence-electron chi connectivity index (χ1n) is 13.7. The summed E-state index contributed by atoms with van der Waals surface area (Å²) >= 11 is 0. The van der Waals surface area contributed by atoms with Crippen molar-refractivity contribution in [3.8, 4) is 0 Å². The van der Waals surface area contributed by atoms with Crippen LogP contribution in [0.4, 0.5) is 38.0 Å². The average Bonchev–Trinajstić information content (AvgIpc) is 3.68. The molecule has 1 N–H and O–H groups in total. The molecule has 2 aliphatic carbocycles. The van der Waals surface area contributed by atoms with Crippen LogP contribution in [0, 0.1) is 5.92 Å². The van der Waals surface area contributed by atoms with Crippen molar-refractivity contribution in [2.75, 3.05) is 22.9 Å². The Morgan fingerprint density at radius 1 is 0.825 bits per heavy atom. The minimum Gasteiger partial charge on any atom is -0.371 e. The highest BCUT2D eigenvalue weighted by Crippen LogP contribution is 2.38. The van der Waals surface area contributed by atoms with E-state index < -0.39 is 23.5 Å². The van der Waals surface area contributed by atoms with Crippen molar-refractivity contribution in [3.63, 3.8) is 0 Å². The number of aromatic amines is 1. The van der Waals surface area contributed by atoms with Crippen molar-refractivity contribution in [1.82, 2.24) is 20.6 Å². The van der Waals surface area contributed by atoms with Crippen molar-refractivity contribution in [3.05, 3.63) is 63.7 Å². The molecule has 12 heteroatoms. The van der Waals surface area contributed by atoms with E-state index in [0.717, 1.165) is 55.7 Å². The lowest BCUT2D eigenvalue weighted by Crippen LogP contribution is -2.31. The maximum Gasteiger partial charge on any atom is 0.416 e. The summed E-state index contributed by atoms with van der Waals surface area (Å²) < 4.78 is 81.3. The molecule has 0 saturated heterocycles. The SMILES string of the molecule is CCN(CC1CCCC1)c1cc2c(cc1CN(Cc1cc(C(F)(F)F)cc(C(F)(F)F)c1)c1nn[nH]n1)CCC2. The van der Waals surface area contributed by atoms with E-state index in [1.807, 2.05) is 0 Å². The summed E-state index contributed by atoms with van der Waals surface area (Å²) in [6.07, 6.45) is -2.07. The fraction of sp³-hybridized carbons (Fsp3) is 0.536. The molecule has 1 saturated carbocycles. The van der Waals surface area contributed by atoms with Crippen LogP contribution in [0.25, 0.3) is 0 Å². The van der Waals surface area contributed by atoms with E-state index in [2.05, 4.69) is 44.6 Å². The van der Waals surface area contributed by atoms with Gasteiger partial charge in [0.15, 0.2) is 0 Å². The van der Waals surface area contributed by atoms with Gasteiger partial charge in [-0.3, -0.25) is 0 Å². The van der Waals surface area contributed by atoms with E-state index in [1.54, 1.807) is 4.90 Å². The summed E-state index contributed by atoms with van der Waals surface area (Å²) in [6, 6.07) is 6.00. The first-order chi connectivity index (χ1) is 19.0. The topological polar surface area (TPSA) is 60.9 Å². The number of aryl methyl sites for hydroxylation is 2. The fourth-order valence-electron chi connectivity index (χ4n) is 6.01. The minimum absolute atomic E-state index is 0.0938. The molecule has 40 heavy (non-hydrogen) atoms. The van der Waals surface area contributed by atoms with Gasteiger partial charge >= 0.3 is 12.4 Å². The Balaban J connectivity index is 1.52. The maximum absolute atomic E-state index is 13.5. The van der Waals surface area contributed by atoms with Gasteiger partial charge in [0, 0.05) is 31.9 Å². The number of nitrogens with zero attached hydrogens (tertiary/aromatic N) is 5. The summed E-state index contributed by atoms with van der Waals surface area (Å²) in [4.78, 5) is 3.92. The number of fused-ring (bicyclic) bond motifs is 1. The van der Waals surface area contributed by atoms with Gasteiger partial charge in [-0.2, -0.15) is 31.6 Å². The third-order valence-corrected chi connectivity index (χ3v) is 7.97. The number of benzene rings is 2. The highest BCUT2D eigenvalue weighted by atomic mass is 19.4. The van der Waals surface area contributed by atoms with Gasteiger partial charge in [-0.05, 0) is 96.7 Å². The quantitative estimate of drug-likeness (QED) is 0.284. The van der Waals surface area contributed by atoms with Crippen molar-refractivity contribution in [2.45, 2.75) is 77.3 Å². The van der Waals surface area contributed by atoms with Crippen LogP contribution in [0.3, 0.4) is 0 Å². The summed E-state index contributed by atoms with van der Waals surface area (Å²) in [7, 11) is 0. The van der Waals surface area contributed by atoms with Crippen molar-refractivity contribution < 1.29 is 26.3 Å². The normalized spacial score (nSPS) is 16.0. The number of aromatic nitrogens is 4. The minimum atomic E-state index is -4.93. The van der Waals surface area contributed by atoms with Crippen molar-refractivity contribution in [1.29, 1.82) is 0 Å². The van der Waals surface area contributed by atoms with Crippen molar-refractivity contribution in [2.24, 2.45) is 5.92 Å². The van der Waals surface area contributed by atoms with Gasteiger partial charge in [-0.25, -0.2) is 0 Å². The fourth-order valence-corrected chi connectivity index (χ4v) is 6.01. The third-order valence-electron chi connectivity index (χ3n) is 7.97. The van der Waals surface area contributed by atoms with E-state index in [1.165, 1.54) is 36.8 Å². The Morgan fingerprint density at radius 2 is 1.48 bits per heavy atom. The van der Waals surface area contributed by atoms with Crippen molar-refractivity contribution >= 4 is 11.6 Å². The van der Waals surface area contributed by atoms with E-state index in [0.29, 0.717) is 5.92 Å². The molecule has 0 unspecified atom stereocenters. The van der Waals surface area contributed by atoms with Crippen LogP contribution in [0.1, 0.15) is 72.4 Å². The van der Waals surface area contributed by atoms with E-state index in [-0.39, 0.29) is 30.7 Å². The molecule has 3 aromatic rings. The average molecular weight is 567 g/mol. The van der Waals surface area contributed by atoms with E-state index in [9.17, 15) is 26.3 Å². The molecule has 0 spiro atoms. The molecule has 1 aromatic heterocycles. The van der Waals surface area contributed by atoms with Gasteiger partial charge in [-0.15, -0.1) is 5.10 Å². The summed E-state index contributed by atoms with van der Waals surface area (Å²) in [6.45, 7) is 3.73. The Kier molecular flexibility index (Phi) is 7.96. The number of rotatable bonds is 9. The zero-order chi connectivity index (χ0) is 28.5. The lowest BCUT2D eigenvalue weighted by Gasteiger charge is -2.31. The first kappa shape index (κ1) is 28.2. The molecule has 1 heterocycles. The predicted octanol–water partition coefficient (Wildman–Crippen LogP) is 6.95. The van der Waals surface area contributed by atoms with Gasteiger partial charge in [0.2, 0.25) is 0 Å². The van der Waals surface area contributed by atoms with Crippen LogP contribution >= 0.6 is 0 Å². The molecule has 0 aliphatic heterocycles. The number of tetrazole rings is 1. The number of anilines is 2. The first-order valence-corrected chi connectivity index (χ1v) is 13.7. The summed E-state index contributed by atoms with van der Waals surface area (Å²) in [5, 5.41) is 14.0. The molecule has 5 rings (SSSR count). The standard InChI is InChI=1S/C28H32F6N6/c1-2-39(15-18-6-3-4-7-18)25-13-21-9-5-8-20(21)12-22(25)17-40(26-35-37-38-36-26)16-19-10-23(27(29,30)31)14-24(11-19)28(32,33)34/h10-14,18H,2-9,15-17H2,1H3,(H,35,36,37,38). The van der Waals surface area contributed by atoms with Crippen LogP contribution in [0.15, 0.2) is 30.3 Å². The number of alkyl halides is 6. The van der Waals surface area contributed by atoms with Gasteiger partial charge in [0.1, 0.15) is 0 Å². The zero-order valence-electron chi connectivity index (χ0n) is 22.2. The molecule has 0 amide bonds. The van der Waals surface area contributed by atoms with Gasteiger partial charge in [0.05, 0.1) is 11.1 Å². The van der Waals surface area contributed by atoms with Crippen LogP contribution in [-0.4, -0.2) is 33.7 Å². The molecule has 0 radical (unpaired) electrons. The largest absolute Gasteiger partial charge is 0.416 e. The molecule has 0 atom stereocenters. The lowest BCUT2D eigenvalue weighted by atomic mass is 10.0. The highest BCUT2D eigenvalue weighted by Gasteiger charge is 2.37. The molecular formula is C28H32F6N6. The van der Waals surface area contributed by atoms with E-state index >= 15 is 0 Å². The number of nitrogens with one attached hydrogen (secondary N) is 1. The van der Waals surface area contributed by atoms with Crippen LogP contribution < -0.4 is 9.80 Å². The van der Waals surface area contributed by atoms with Gasteiger partial charge in [0.25, 0.3) is 5.95 Å². The van der Waals surface area contributed by atoms with E-state index in [4.69, 9.17) is 0 Å². The zero-order valence-corrected chi connectivity index (χ0v) is 22.2. The number of hydrogen-bond acceptors (Lipinski definition) is 5. The Hall–Kier alpha value is -3.31. The molecule has 6 nitrogen and oxygen atoms in total. The number of H-pyrrole nitrogens is 1. The monoisotopic (exact) mass is 566 g/mol. The number of halogens is 6. The molecule has 216 valence electrons. The van der Waals surface area contributed by atoms with Gasteiger partial charge in [-0.1, -0.05) is 24.0 Å². The summed E-state index contributed by atoms with van der Waals surface area (Å²) in [5.74, 6) is 0.691. The van der Waals surface area contributed by atoms with Crippen LogP contribution in [0.5, 0.6) is 0 Å². The Morgan fingerprint density at radius 3 is 2.05 bits per heavy atom. The third kappa shape index (κ3) is 6.36. The molecular weight excluding hydrogens is 534 g/mol. The lowest BCUT2D eigenvalue weighted by molar-refractivity contribution is -0.143. The second-order valence-corrected chi connectivity index (χ2v) is 10.8. The maximum atomic E-state index is 13.5. The van der Waals surface area contributed by atoms with Crippen LogP contribution in [0.2, 0.25) is 0 Å². The highest BCUT2D eigenvalue weighted by molar-refractivity contribution is 5.60. The molecule has 0 bridgehead atoms. The number of hydrogen-bond donors (Lipinski definition) is 1. The van der Waals surface area contributed by atoms with Crippen LogP contribution in [-0.2, 0) is 38.3 Å². The Labute approximate surface area is 228 Å². The second kappa shape index (κ2) is 11.3. The second-order valence-electron chi connectivity index (χ2n) is 10.8. The molecule has 1 fully saturated rings. The van der Waals surface area contributed by atoms with Gasteiger partial charge < -0.3 is 9.80 Å².